The lowest BCUT2D eigenvalue weighted by molar-refractivity contribution is -0.151. The summed E-state index contributed by atoms with van der Waals surface area (Å²) < 4.78 is 5.42. The Labute approximate surface area is 130 Å². The fraction of sp³-hybridized carbons (Fsp3) is 0.529. The molecular weight excluding hydrogens is 282 g/mol. The first-order valence-corrected chi connectivity index (χ1v) is 7.71. The number of aliphatic carboxylic acids is 1. The number of aryl methyl sites for hydroxylation is 1. The number of ether oxygens (including phenoxy) is 1. The van der Waals surface area contributed by atoms with Gasteiger partial charge < -0.3 is 15.2 Å². The summed E-state index contributed by atoms with van der Waals surface area (Å²) in [6.07, 6.45) is 4.13. The largest absolute Gasteiger partial charge is 0.484 e. The lowest BCUT2D eigenvalue weighted by Crippen LogP contribution is -2.45. The molecule has 0 spiro atoms. The molecule has 1 aromatic carbocycles. The lowest BCUT2D eigenvalue weighted by atomic mass is 9.74. The Bertz CT molecular complexity index is 535. The van der Waals surface area contributed by atoms with Gasteiger partial charge in [-0.05, 0) is 37.5 Å². The Hall–Kier alpha value is -2.04. The van der Waals surface area contributed by atoms with Gasteiger partial charge in [0.2, 0.25) is 0 Å². The number of carbonyl (C=O) groups excluding carboxylic acids is 1. The third-order valence-electron chi connectivity index (χ3n) is 4.25. The predicted molar refractivity (Wildman–Crippen MR) is 82.8 cm³/mol. The van der Waals surface area contributed by atoms with E-state index in [2.05, 4.69) is 5.32 Å². The maximum absolute atomic E-state index is 11.9. The molecule has 1 aliphatic rings. The zero-order valence-electron chi connectivity index (χ0n) is 12.9. The first-order chi connectivity index (χ1) is 10.5. The van der Waals surface area contributed by atoms with Crippen LogP contribution in [-0.2, 0) is 9.59 Å². The zero-order valence-corrected chi connectivity index (χ0v) is 12.9. The van der Waals surface area contributed by atoms with E-state index >= 15 is 0 Å². The molecule has 5 heteroatoms. The van der Waals surface area contributed by atoms with E-state index in [1.165, 1.54) is 0 Å². The summed E-state index contributed by atoms with van der Waals surface area (Å²) in [5.41, 5.74) is 0.252. The summed E-state index contributed by atoms with van der Waals surface area (Å²) in [5.74, 6) is -0.458. The van der Waals surface area contributed by atoms with Gasteiger partial charge in [0.15, 0.2) is 6.61 Å². The Morgan fingerprint density at radius 3 is 2.64 bits per heavy atom. The van der Waals surface area contributed by atoms with Gasteiger partial charge in [-0.1, -0.05) is 31.4 Å². The van der Waals surface area contributed by atoms with E-state index in [0.717, 1.165) is 24.8 Å². The van der Waals surface area contributed by atoms with Crippen LogP contribution in [-0.4, -0.2) is 30.1 Å². The molecule has 1 aliphatic carbocycles. The van der Waals surface area contributed by atoms with E-state index in [1.54, 1.807) is 6.07 Å². The van der Waals surface area contributed by atoms with Gasteiger partial charge in [0.05, 0.1) is 5.41 Å². The monoisotopic (exact) mass is 305 g/mol. The van der Waals surface area contributed by atoms with Crippen molar-refractivity contribution in [2.24, 2.45) is 5.41 Å². The summed E-state index contributed by atoms with van der Waals surface area (Å²) in [6.45, 7) is 2.03. The van der Waals surface area contributed by atoms with Crippen LogP contribution in [0.3, 0.4) is 0 Å². The minimum absolute atomic E-state index is 0.0981. The lowest BCUT2D eigenvalue weighted by Gasteiger charge is -2.33. The predicted octanol–water partition coefficient (Wildman–Crippen LogP) is 2.53. The summed E-state index contributed by atoms with van der Waals surface area (Å²) in [5, 5.41) is 12.2. The van der Waals surface area contributed by atoms with Gasteiger partial charge >= 0.3 is 5.97 Å². The van der Waals surface area contributed by atoms with Crippen LogP contribution in [0.15, 0.2) is 24.3 Å². The third-order valence-corrected chi connectivity index (χ3v) is 4.25. The molecule has 22 heavy (non-hydrogen) atoms. The maximum atomic E-state index is 11.9. The Morgan fingerprint density at radius 1 is 1.27 bits per heavy atom. The summed E-state index contributed by atoms with van der Waals surface area (Å²) in [7, 11) is 0. The average Bonchev–Trinajstić information content (AvgIpc) is 2.52. The molecule has 1 fully saturated rings. The van der Waals surface area contributed by atoms with Crippen LogP contribution < -0.4 is 10.1 Å². The van der Waals surface area contributed by atoms with Crippen LogP contribution >= 0.6 is 0 Å². The molecule has 0 atom stereocenters. The highest BCUT2D eigenvalue weighted by atomic mass is 16.5. The smallest absolute Gasteiger partial charge is 0.311 e. The third kappa shape index (κ3) is 4.23. The number of hydrogen-bond acceptors (Lipinski definition) is 3. The second-order valence-corrected chi connectivity index (χ2v) is 6.03. The van der Waals surface area contributed by atoms with Crippen molar-refractivity contribution in [1.29, 1.82) is 0 Å². The minimum atomic E-state index is -0.813. The van der Waals surface area contributed by atoms with Gasteiger partial charge in [-0.25, -0.2) is 0 Å². The summed E-state index contributed by atoms with van der Waals surface area (Å²) in [6, 6.07) is 7.46. The highest BCUT2D eigenvalue weighted by Crippen LogP contribution is 2.35. The van der Waals surface area contributed by atoms with E-state index in [0.29, 0.717) is 18.6 Å². The van der Waals surface area contributed by atoms with Gasteiger partial charge in [0.1, 0.15) is 5.75 Å². The van der Waals surface area contributed by atoms with Crippen molar-refractivity contribution >= 4 is 11.9 Å². The molecule has 0 bridgehead atoms. The second kappa shape index (κ2) is 7.29. The van der Waals surface area contributed by atoms with Crippen LogP contribution in [0.4, 0.5) is 0 Å². The topological polar surface area (TPSA) is 75.6 Å². The van der Waals surface area contributed by atoms with Crippen molar-refractivity contribution < 1.29 is 19.4 Å². The highest BCUT2D eigenvalue weighted by molar-refractivity contribution is 5.80. The van der Waals surface area contributed by atoms with Crippen molar-refractivity contribution in [3.05, 3.63) is 29.8 Å². The molecule has 2 rings (SSSR count). The molecule has 0 radical (unpaired) electrons. The molecule has 2 N–H and O–H groups in total. The van der Waals surface area contributed by atoms with Crippen LogP contribution in [0.2, 0.25) is 0 Å². The Morgan fingerprint density at radius 2 is 2.00 bits per heavy atom. The number of rotatable bonds is 6. The van der Waals surface area contributed by atoms with Crippen molar-refractivity contribution in [1.82, 2.24) is 5.32 Å². The molecular formula is C17H23NO4. The number of nitrogens with one attached hydrogen (secondary N) is 1. The van der Waals surface area contributed by atoms with Crippen LogP contribution in [0.1, 0.15) is 37.7 Å². The molecule has 0 heterocycles. The molecule has 120 valence electrons. The molecule has 5 nitrogen and oxygen atoms in total. The number of carboxylic acid groups (broad SMARTS) is 1. The highest BCUT2D eigenvalue weighted by Gasteiger charge is 2.39. The molecule has 0 aromatic heterocycles. The van der Waals surface area contributed by atoms with Gasteiger partial charge in [0.25, 0.3) is 5.91 Å². The van der Waals surface area contributed by atoms with E-state index in [4.69, 9.17) is 4.74 Å². The second-order valence-electron chi connectivity index (χ2n) is 6.03. The van der Waals surface area contributed by atoms with E-state index in [1.807, 2.05) is 25.1 Å². The van der Waals surface area contributed by atoms with Crippen molar-refractivity contribution in [2.45, 2.75) is 39.0 Å². The maximum Gasteiger partial charge on any atom is 0.311 e. The van der Waals surface area contributed by atoms with Crippen LogP contribution in [0, 0.1) is 12.3 Å². The molecule has 1 aromatic rings. The number of benzene rings is 1. The molecule has 0 unspecified atom stereocenters. The van der Waals surface area contributed by atoms with Crippen molar-refractivity contribution in [2.75, 3.05) is 13.2 Å². The number of amides is 1. The fourth-order valence-electron chi connectivity index (χ4n) is 2.87. The van der Waals surface area contributed by atoms with Gasteiger partial charge in [0, 0.05) is 6.54 Å². The normalized spacial score (nSPS) is 16.8. The average molecular weight is 305 g/mol. The number of carboxylic acids is 1. The Balaban J connectivity index is 1.82. The molecule has 1 amide bonds. The van der Waals surface area contributed by atoms with Gasteiger partial charge in [-0.15, -0.1) is 0 Å². The SMILES string of the molecule is Cc1cccc(OCC(=O)NCC2(C(=O)O)CCCCC2)c1. The van der Waals surface area contributed by atoms with E-state index in [9.17, 15) is 14.7 Å². The number of hydrogen-bond donors (Lipinski definition) is 2. The van der Waals surface area contributed by atoms with E-state index in [-0.39, 0.29) is 19.1 Å². The fourth-order valence-corrected chi connectivity index (χ4v) is 2.87. The standard InChI is InChI=1S/C17H23NO4/c1-13-6-5-7-14(10-13)22-11-15(19)18-12-17(16(20)21)8-3-2-4-9-17/h5-7,10H,2-4,8-9,11-12H2,1H3,(H,18,19)(H,20,21). The van der Waals surface area contributed by atoms with Crippen molar-refractivity contribution in [3.63, 3.8) is 0 Å². The molecule has 0 aliphatic heterocycles. The zero-order chi connectivity index (χ0) is 16.0. The van der Waals surface area contributed by atoms with Gasteiger partial charge in [-0.2, -0.15) is 0 Å². The molecule has 0 saturated heterocycles. The molecule has 1 saturated carbocycles. The number of carbonyl (C=O) groups is 2. The minimum Gasteiger partial charge on any atom is -0.484 e. The first kappa shape index (κ1) is 16.3. The van der Waals surface area contributed by atoms with Crippen molar-refractivity contribution in [3.8, 4) is 5.75 Å². The van der Waals surface area contributed by atoms with E-state index < -0.39 is 11.4 Å². The van der Waals surface area contributed by atoms with Crippen LogP contribution in [0.25, 0.3) is 0 Å². The first-order valence-electron chi connectivity index (χ1n) is 7.71. The van der Waals surface area contributed by atoms with Crippen LogP contribution in [0.5, 0.6) is 5.75 Å². The summed E-state index contributed by atoms with van der Waals surface area (Å²) in [4.78, 5) is 23.4. The summed E-state index contributed by atoms with van der Waals surface area (Å²) >= 11 is 0. The Kier molecular flexibility index (Phi) is 5.41. The quantitative estimate of drug-likeness (QED) is 0.847. The van der Waals surface area contributed by atoms with Gasteiger partial charge in [-0.3, -0.25) is 9.59 Å².